The molecule has 0 amide bonds. The Bertz CT molecular complexity index is 147. The van der Waals surface area contributed by atoms with Crippen LogP contribution in [0.15, 0.2) is 0 Å². The molecule has 1 aliphatic rings. The van der Waals surface area contributed by atoms with E-state index in [4.69, 9.17) is 0 Å². The Labute approximate surface area is 88.9 Å². The van der Waals surface area contributed by atoms with Crippen molar-refractivity contribution in [2.45, 2.75) is 59.5 Å². The van der Waals surface area contributed by atoms with Gasteiger partial charge in [0, 0.05) is 0 Å². The zero-order valence-corrected chi connectivity index (χ0v) is 10.2. The minimum absolute atomic E-state index is 0.131. The van der Waals surface area contributed by atoms with Gasteiger partial charge in [0.2, 0.25) is 0 Å². The maximum Gasteiger partial charge on any atom is 0.0545 e. The van der Waals surface area contributed by atoms with E-state index in [-0.39, 0.29) is 6.10 Å². The molecule has 0 aliphatic heterocycles. The van der Waals surface area contributed by atoms with Crippen LogP contribution in [0.1, 0.15) is 53.4 Å². The van der Waals surface area contributed by atoms with Crippen molar-refractivity contribution >= 4 is 0 Å². The SMILES string of the molecule is CC1CCC(C(C(C)C)C(C)O)CC1. The molecule has 14 heavy (non-hydrogen) atoms. The Balaban J connectivity index is 2.52. The second-order valence-electron chi connectivity index (χ2n) is 5.58. The minimum Gasteiger partial charge on any atom is -0.393 e. The smallest absolute Gasteiger partial charge is 0.0545 e. The van der Waals surface area contributed by atoms with Crippen molar-refractivity contribution in [3.05, 3.63) is 0 Å². The molecule has 2 atom stereocenters. The highest BCUT2D eigenvalue weighted by Crippen LogP contribution is 2.37. The van der Waals surface area contributed by atoms with Gasteiger partial charge < -0.3 is 5.11 Å². The van der Waals surface area contributed by atoms with Crippen LogP contribution in [0.3, 0.4) is 0 Å². The van der Waals surface area contributed by atoms with Crippen LogP contribution in [-0.4, -0.2) is 11.2 Å². The van der Waals surface area contributed by atoms with Crippen molar-refractivity contribution in [3.63, 3.8) is 0 Å². The third-order valence-corrected chi connectivity index (χ3v) is 3.93. The second kappa shape index (κ2) is 5.16. The summed E-state index contributed by atoms with van der Waals surface area (Å²) < 4.78 is 0. The molecule has 1 heteroatoms. The Hall–Kier alpha value is -0.0400. The van der Waals surface area contributed by atoms with E-state index in [2.05, 4.69) is 20.8 Å². The van der Waals surface area contributed by atoms with Crippen molar-refractivity contribution in [1.82, 2.24) is 0 Å². The van der Waals surface area contributed by atoms with Crippen molar-refractivity contribution in [2.75, 3.05) is 0 Å². The van der Waals surface area contributed by atoms with Gasteiger partial charge in [0.1, 0.15) is 0 Å². The molecule has 0 aromatic carbocycles. The summed E-state index contributed by atoms with van der Waals surface area (Å²) in [5, 5.41) is 9.80. The highest BCUT2D eigenvalue weighted by molar-refractivity contribution is 4.81. The fraction of sp³-hybridized carbons (Fsp3) is 1.00. The van der Waals surface area contributed by atoms with Crippen molar-refractivity contribution in [3.8, 4) is 0 Å². The van der Waals surface area contributed by atoms with Gasteiger partial charge >= 0.3 is 0 Å². The highest BCUT2D eigenvalue weighted by Gasteiger charge is 2.30. The Morgan fingerprint density at radius 3 is 1.86 bits per heavy atom. The lowest BCUT2D eigenvalue weighted by atomic mass is 9.71. The van der Waals surface area contributed by atoms with Gasteiger partial charge in [-0.05, 0) is 43.4 Å². The Morgan fingerprint density at radius 2 is 1.50 bits per heavy atom. The fourth-order valence-corrected chi connectivity index (χ4v) is 3.17. The standard InChI is InChI=1S/C13H26O/c1-9(2)13(11(4)14)12-7-5-10(3)6-8-12/h9-14H,5-8H2,1-4H3. The number of aliphatic hydroxyl groups excluding tert-OH is 1. The van der Waals surface area contributed by atoms with Crippen LogP contribution in [0.4, 0.5) is 0 Å². The van der Waals surface area contributed by atoms with Crippen LogP contribution in [0.2, 0.25) is 0 Å². The maximum absolute atomic E-state index is 9.80. The van der Waals surface area contributed by atoms with E-state index < -0.39 is 0 Å². The fourth-order valence-electron chi connectivity index (χ4n) is 3.17. The minimum atomic E-state index is -0.131. The van der Waals surface area contributed by atoms with Crippen molar-refractivity contribution < 1.29 is 5.11 Å². The van der Waals surface area contributed by atoms with Crippen LogP contribution in [0, 0.1) is 23.7 Å². The van der Waals surface area contributed by atoms with E-state index in [9.17, 15) is 5.11 Å². The third kappa shape index (κ3) is 2.98. The molecule has 1 saturated carbocycles. The molecule has 2 unspecified atom stereocenters. The lowest BCUT2D eigenvalue weighted by molar-refractivity contribution is 0.0377. The summed E-state index contributed by atoms with van der Waals surface area (Å²) in [5.41, 5.74) is 0. The topological polar surface area (TPSA) is 20.2 Å². The summed E-state index contributed by atoms with van der Waals surface area (Å²) in [4.78, 5) is 0. The van der Waals surface area contributed by atoms with Crippen LogP contribution >= 0.6 is 0 Å². The number of aliphatic hydroxyl groups is 1. The molecule has 0 heterocycles. The molecule has 0 radical (unpaired) electrons. The van der Waals surface area contributed by atoms with E-state index in [0.29, 0.717) is 11.8 Å². The summed E-state index contributed by atoms with van der Waals surface area (Å²) in [6.45, 7) is 8.80. The molecule has 1 fully saturated rings. The van der Waals surface area contributed by atoms with Crippen LogP contribution in [0.25, 0.3) is 0 Å². The molecule has 84 valence electrons. The van der Waals surface area contributed by atoms with Crippen LogP contribution in [-0.2, 0) is 0 Å². The largest absolute Gasteiger partial charge is 0.393 e. The summed E-state index contributed by atoms with van der Waals surface area (Å²) in [6.07, 6.45) is 5.25. The van der Waals surface area contributed by atoms with Gasteiger partial charge in [-0.3, -0.25) is 0 Å². The van der Waals surface area contributed by atoms with E-state index >= 15 is 0 Å². The average molecular weight is 198 g/mol. The molecular weight excluding hydrogens is 172 g/mol. The van der Waals surface area contributed by atoms with Crippen LogP contribution < -0.4 is 0 Å². The maximum atomic E-state index is 9.80. The lowest BCUT2D eigenvalue weighted by Crippen LogP contribution is -2.32. The third-order valence-electron chi connectivity index (χ3n) is 3.93. The first-order valence-corrected chi connectivity index (χ1v) is 6.20. The Kier molecular flexibility index (Phi) is 4.43. The second-order valence-corrected chi connectivity index (χ2v) is 5.58. The molecule has 1 rings (SSSR count). The van der Waals surface area contributed by atoms with Gasteiger partial charge in [0.05, 0.1) is 6.10 Å². The van der Waals surface area contributed by atoms with Crippen molar-refractivity contribution in [2.24, 2.45) is 23.7 Å². The monoisotopic (exact) mass is 198 g/mol. The summed E-state index contributed by atoms with van der Waals surface area (Å²) in [5.74, 6) is 2.81. The average Bonchev–Trinajstić information content (AvgIpc) is 2.07. The van der Waals surface area contributed by atoms with E-state index in [1.165, 1.54) is 25.7 Å². The molecule has 1 aliphatic carbocycles. The quantitative estimate of drug-likeness (QED) is 0.736. The highest BCUT2D eigenvalue weighted by atomic mass is 16.3. The first-order chi connectivity index (χ1) is 6.52. The molecule has 1 N–H and O–H groups in total. The van der Waals surface area contributed by atoms with Gasteiger partial charge in [-0.2, -0.15) is 0 Å². The van der Waals surface area contributed by atoms with Gasteiger partial charge in [0.25, 0.3) is 0 Å². The van der Waals surface area contributed by atoms with Gasteiger partial charge in [-0.1, -0.05) is 33.6 Å². The normalized spacial score (nSPS) is 33.0. The number of hydrogen-bond donors (Lipinski definition) is 1. The Morgan fingerprint density at radius 1 is 1.00 bits per heavy atom. The predicted octanol–water partition coefficient (Wildman–Crippen LogP) is 3.47. The zero-order chi connectivity index (χ0) is 10.7. The number of rotatable bonds is 3. The summed E-state index contributed by atoms with van der Waals surface area (Å²) in [6, 6.07) is 0. The molecule has 0 saturated heterocycles. The predicted molar refractivity (Wildman–Crippen MR) is 61.1 cm³/mol. The van der Waals surface area contributed by atoms with Crippen molar-refractivity contribution in [1.29, 1.82) is 0 Å². The first kappa shape index (κ1) is 12.0. The molecule has 0 spiro atoms. The molecule has 1 nitrogen and oxygen atoms in total. The van der Waals surface area contributed by atoms with Gasteiger partial charge in [0.15, 0.2) is 0 Å². The molecule has 0 aromatic rings. The van der Waals surface area contributed by atoms with Gasteiger partial charge in [-0.25, -0.2) is 0 Å². The van der Waals surface area contributed by atoms with E-state index in [1.54, 1.807) is 0 Å². The zero-order valence-electron chi connectivity index (χ0n) is 10.2. The summed E-state index contributed by atoms with van der Waals surface area (Å²) in [7, 11) is 0. The van der Waals surface area contributed by atoms with Gasteiger partial charge in [-0.15, -0.1) is 0 Å². The van der Waals surface area contributed by atoms with E-state index in [0.717, 1.165) is 11.8 Å². The molecule has 0 bridgehead atoms. The first-order valence-electron chi connectivity index (χ1n) is 6.20. The molecule has 0 aromatic heterocycles. The molecular formula is C13H26O. The summed E-state index contributed by atoms with van der Waals surface area (Å²) >= 11 is 0. The van der Waals surface area contributed by atoms with Crippen LogP contribution in [0.5, 0.6) is 0 Å². The van der Waals surface area contributed by atoms with E-state index in [1.807, 2.05) is 6.92 Å². The number of hydrogen-bond acceptors (Lipinski definition) is 1. The lowest BCUT2D eigenvalue weighted by Gasteiger charge is -2.36.